The Morgan fingerprint density at radius 1 is 0.385 bits per heavy atom. The Labute approximate surface area is 452 Å². The third kappa shape index (κ3) is 6.92. The van der Waals surface area contributed by atoms with Crippen LogP contribution in [-0.4, -0.2) is 12.1 Å². The van der Waals surface area contributed by atoms with Gasteiger partial charge in [0.25, 0.3) is 0 Å². The first-order chi connectivity index (χ1) is 38.7. The molecule has 4 aliphatic rings. The summed E-state index contributed by atoms with van der Waals surface area (Å²) in [5.41, 5.74) is 13.4. The van der Waals surface area contributed by atoms with Gasteiger partial charge in [-0.05, 0) is 129 Å². The zero-order valence-electron chi connectivity index (χ0n) is 42.9. The monoisotopic (exact) mass is 1000 g/mol. The van der Waals surface area contributed by atoms with E-state index >= 15 is 0 Å². The maximum Gasteiger partial charge on any atom is 0.136 e. The highest BCUT2D eigenvalue weighted by Gasteiger charge is 2.30. The lowest BCUT2D eigenvalue weighted by Crippen LogP contribution is -2.33. The number of para-hydroxylation sites is 1. The van der Waals surface area contributed by atoms with Gasteiger partial charge in [0.05, 0.1) is 23.5 Å². The number of nitrogens with zero attached hydrogens (tertiary/aromatic N) is 2. The quantitative estimate of drug-likeness (QED) is 0.142. The molecule has 0 spiro atoms. The predicted octanol–water partition coefficient (Wildman–Crippen LogP) is 20.4. The van der Waals surface area contributed by atoms with Gasteiger partial charge in [-0.25, -0.2) is 0 Å². The highest BCUT2D eigenvalue weighted by molar-refractivity contribution is 6.27. The Balaban J connectivity index is 0.842. The largest absolute Gasteiger partial charge is 0.456 e. The van der Waals surface area contributed by atoms with Gasteiger partial charge in [0.2, 0.25) is 0 Å². The number of rotatable bonds is 8. The number of fused-ring (bicyclic) bond motifs is 10. The fourth-order valence-electron chi connectivity index (χ4n) is 13.5. The highest BCUT2D eigenvalue weighted by atomic mass is 16.5. The van der Waals surface area contributed by atoms with Gasteiger partial charge in [-0.1, -0.05) is 200 Å². The number of ether oxygens (including phenoxy) is 1. The average Bonchev–Trinajstić information content (AvgIpc) is 4.07. The van der Waals surface area contributed by atoms with E-state index in [4.69, 9.17) is 9.15 Å². The van der Waals surface area contributed by atoms with Gasteiger partial charge in [0.1, 0.15) is 22.7 Å². The molecule has 16 rings (SSSR count). The fraction of sp³-hybridized carbons (Fsp3) is 0.0811. The van der Waals surface area contributed by atoms with Gasteiger partial charge < -0.3 is 19.0 Å². The summed E-state index contributed by atoms with van der Waals surface area (Å²) in [4.78, 5) is 5.13. The molecular weight excluding hydrogens is 949 g/mol. The number of hydrogen-bond donors (Lipinski definition) is 0. The van der Waals surface area contributed by atoms with Crippen molar-refractivity contribution in [2.24, 2.45) is 0 Å². The van der Waals surface area contributed by atoms with Gasteiger partial charge >= 0.3 is 0 Å². The van der Waals surface area contributed by atoms with Crippen LogP contribution in [0.15, 0.2) is 265 Å². The van der Waals surface area contributed by atoms with Crippen LogP contribution in [0.4, 0.5) is 17.1 Å². The third-order valence-electron chi connectivity index (χ3n) is 16.8. The SMILES string of the molecule is C1=CCC(N(C2=CCCC=C2)c2c3ccccc3c(-c3ccc4c(c3)Oc3cccc5c3c-4cc3oc4cc(-c6c7ccccc7c(N(c7ccccc7)C7C=CC=CC7)c7ccccc67)ccc4c35)c3ccccc23)C=C1. The topological polar surface area (TPSA) is 28.9 Å². The normalized spacial score (nSPS) is 16.4. The van der Waals surface area contributed by atoms with Gasteiger partial charge in [0.15, 0.2) is 0 Å². The van der Waals surface area contributed by atoms with Crippen LogP contribution in [-0.2, 0) is 0 Å². The number of benzene rings is 11. The molecule has 4 heteroatoms. The molecule has 3 aliphatic carbocycles. The fourth-order valence-corrected chi connectivity index (χ4v) is 13.5. The lowest BCUT2D eigenvalue weighted by atomic mass is 9.87. The summed E-state index contributed by atoms with van der Waals surface area (Å²) in [5.74, 6) is 1.69. The summed E-state index contributed by atoms with van der Waals surface area (Å²) >= 11 is 0. The van der Waals surface area contributed by atoms with Crippen molar-refractivity contribution in [3.8, 4) is 44.9 Å². The second-order valence-corrected chi connectivity index (χ2v) is 21.1. The molecule has 2 unspecified atom stereocenters. The van der Waals surface area contributed by atoms with E-state index in [1.54, 1.807) is 0 Å². The van der Waals surface area contributed by atoms with E-state index in [1.807, 2.05) is 0 Å². The first kappa shape index (κ1) is 44.6. The third-order valence-corrected chi connectivity index (χ3v) is 16.8. The molecular formula is C74H52N2O2. The standard InChI is InChI=1S/C74H52N2O2/c1-5-22-49(23-6-1)75(50-24-7-2-8-25-50)73-58-34-17-13-30-54(58)69(55-31-14-18-35-59(55)73)47-40-42-53-64-46-68-71(63-38-21-39-65(72(63)64)77-66(53)44-47)62-43-41-48(45-67(62)78-68)70-56-32-15-19-36-60(56)74(61-37-20-16-33-57(61)70)76(51-26-9-3-10-27-51)52-28-11-4-12-29-52/h1,3-7,9-22,24-28,30-46,49,52H,2,8,23,29H2. The van der Waals surface area contributed by atoms with Crippen LogP contribution in [0.1, 0.15) is 25.7 Å². The Hall–Kier alpha value is -9.64. The summed E-state index contributed by atoms with van der Waals surface area (Å²) < 4.78 is 14.2. The first-order valence-corrected chi connectivity index (χ1v) is 27.5. The lowest BCUT2D eigenvalue weighted by Gasteiger charge is -2.36. The zero-order valence-corrected chi connectivity index (χ0v) is 42.9. The molecule has 0 fully saturated rings. The number of furan rings is 1. The molecule has 0 amide bonds. The van der Waals surface area contributed by atoms with Crippen LogP contribution in [0.2, 0.25) is 0 Å². The minimum atomic E-state index is 0.164. The number of anilines is 3. The molecule has 0 bridgehead atoms. The van der Waals surface area contributed by atoms with E-state index in [0.29, 0.717) is 0 Å². The molecule has 11 aromatic carbocycles. The molecule has 2 heterocycles. The van der Waals surface area contributed by atoms with Crippen LogP contribution in [0.5, 0.6) is 11.5 Å². The Kier molecular flexibility index (Phi) is 10.3. The van der Waals surface area contributed by atoms with Crippen LogP contribution in [0, 0.1) is 0 Å². The van der Waals surface area contributed by atoms with Crippen molar-refractivity contribution in [3.63, 3.8) is 0 Å². The minimum Gasteiger partial charge on any atom is -0.456 e. The Bertz CT molecular complexity index is 4570. The molecule has 0 radical (unpaired) electrons. The molecule has 370 valence electrons. The van der Waals surface area contributed by atoms with Crippen molar-refractivity contribution < 1.29 is 9.15 Å². The van der Waals surface area contributed by atoms with E-state index in [2.05, 4.69) is 265 Å². The summed E-state index contributed by atoms with van der Waals surface area (Å²) in [6, 6.07) is 69.4. The maximum atomic E-state index is 7.09. The van der Waals surface area contributed by atoms with Crippen molar-refractivity contribution in [2.45, 2.75) is 37.8 Å². The molecule has 0 saturated heterocycles. The molecule has 78 heavy (non-hydrogen) atoms. The number of allylic oxidation sites excluding steroid dienone is 7. The van der Waals surface area contributed by atoms with E-state index < -0.39 is 0 Å². The van der Waals surface area contributed by atoms with E-state index in [-0.39, 0.29) is 12.1 Å². The molecule has 4 nitrogen and oxygen atoms in total. The molecule has 12 aromatic rings. The molecule has 0 saturated carbocycles. The van der Waals surface area contributed by atoms with Crippen molar-refractivity contribution in [2.75, 3.05) is 9.80 Å². The average molecular weight is 1000 g/mol. The van der Waals surface area contributed by atoms with Gasteiger partial charge in [-0.15, -0.1) is 0 Å². The van der Waals surface area contributed by atoms with Crippen molar-refractivity contribution >= 4 is 92.9 Å². The van der Waals surface area contributed by atoms with Crippen LogP contribution < -0.4 is 14.5 Å². The molecule has 2 atom stereocenters. The smallest absolute Gasteiger partial charge is 0.136 e. The molecule has 1 aliphatic heterocycles. The Morgan fingerprint density at radius 3 is 1.55 bits per heavy atom. The van der Waals surface area contributed by atoms with E-state index in [1.165, 1.54) is 77.0 Å². The highest BCUT2D eigenvalue weighted by Crippen LogP contribution is 2.54. The van der Waals surface area contributed by atoms with Crippen LogP contribution in [0.25, 0.3) is 109 Å². The summed E-state index contributed by atoms with van der Waals surface area (Å²) in [7, 11) is 0. The van der Waals surface area contributed by atoms with E-state index in [0.717, 1.165) is 92.1 Å². The van der Waals surface area contributed by atoms with Crippen LogP contribution in [0.3, 0.4) is 0 Å². The summed E-state index contributed by atoms with van der Waals surface area (Å²) in [5, 5.41) is 14.2. The van der Waals surface area contributed by atoms with Crippen LogP contribution >= 0.6 is 0 Å². The summed E-state index contributed by atoms with van der Waals surface area (Å²) in [6.45, 7) is 0. The second-order valence-electron chi connectivity index (χ2n) is 21.1. The predicted molar refractivity (Wildman–Crippen MR) is 329 cm³/mol. The first-order valence-electron chi connectivity index (χ1n) is 27.5. The molecule has 1 aromatic heterocycles. The van der Waals surface area contributed by atoms with Crippen molar-refractivity contribution in [1.82, 2.24) is 0 Å². The van der Waals surface area contributed by atoms with Gasteiger partial charge in [0, 0.05) is 60.2 Å². The summed E-state index contributed by atoms with van der Waals surface area (Å²) in [6.07, 6.45) is 29.0. The lowest BCUT2D eigenvalue weighted by molar-refractivity contribution is 0.487. The second kappa shape index (κ2) is 18.0. The molecule has 0 N–H and O–H groups in total. The minimum absolute atomic E-state index is 0.164. The number of hydrogen-bond acceptors (Lipinski definition) is 4. The van der Waals surface area contributed by atoms with E-state index in [9.17, 15) is 0 Å². The maximum absolute atomic E-state index is 7.09. The Morgan fingerprint density at radius 2 is 0.949 bits per heavy atom. The van der Waals surface area contributed by atoms with Gasteiger partial charge in [-0.2, -0.15) is 0 Å². The van der Waals surface area contributed by atoms with Gasteiger partial charge in [-0.3, -0.25) is 0 Å². The van der Waals surface area contributed by atoms with Crippen molar-refractivity contribution in [1.29, 1.82) is 0 Å². The zero-order chi connectivity index (χ0) is 51.3. The van der Waals surface area contributed by atoms with Crippen molar-refractivity contribution in [3.05, 3.63) is 261 Å².